The minimum absolute atomic E-state index is 0.0546. The molecule has 0 aromatic rings. The molecule has 3 atom stereocenters. The highest BCUT2D eigenvalue weighted by molar-refractivity contribution is 6.25. The largest absolute Gasteiger partial charge is 0.361 e. The first-order chi connectivity index (χ1) is 7.55. The molecule has 3 nitrogen and oxygen atoms in total. The summed E-state index contributed by atoms with van der Waals surface area (Å²) >= 11 is 0. The van der Waals surface area contributed by atoms with E-state index in [1.807, 2.05) is 0 Å². The van der Waals surface area contributed by atoms with Crippen molar-refractivity contribution in [2.24, 2.45) is 23.2 Å². The van der Waals surface area contributed by atoms with Gasteiger partial charge in [-0.2, -0.15) is 4.79 Å². The molecule has 0 N–H and O–H groups in total. The maximum absolute atomic E-state index is 11.3. The fourth-order valence-corrected chi connectivity index (χ4v) is 4.00. The Balaban J connectivity index is 1.95. The third-order valence-corrected chi connectivity index (χ3v) is 4.95. The van der Waals surface area contributed by atoms with Gasteiger partial charge in [0.05, 0.1) is 0 Å². The molecule has 16 heavy (non-hydrogen) atoms. The molecule has 2 fully saturated rings. The lowest BCUT2D eigenvalue weighted by Crippen LogP contribution is -2.31. The number of fused-ring (bicyclic) bond motifs is 2. The van der Waals surface area contributed by atoms with E-state index in [0.717, 1.165) is 24.5 Å². The van der Waals surface area contributed by atoms with Crippen LogP contribution in [-0.2, 0) is 4.79 Å². The van der Waals surface area contributed by atoms with Crippen molar-refractivity contribution in [3.05, 3.63) is 5.53 Å². The zero-order valence-electron chi connectivity index (χ0n) is 10.1. The Morgan fingerprint density at radius 2 is 2.25 bits per heavy atom. The second-order valence-electron chi connectivity index (χ2n) is 5.95. The van der Waals surface area contributed by atoms with Crippen LogP contribution < -0.4 is 0 Å². The minimum atomic E-state index is -0.0546. The zero-order chi connectivity index (χ0) is 11.8. The van der Waals surface area contributed by atoms with E-state index in [4.69, 9.17) is 5.53 Å². The van der Waals surface area contributed by atoms with Crippen molar-refractivity contribution in [2.75, 3.05) is 0 Å². The molecule has 0 saturated heterocycles. The molecule has 3 heteroatoms. The van der Waals surface area contributed by atoms with E-state index in [1.54, 1.807) is 0 Å². The van der Waals surface area contributed by atoms with Gasteiger partial charge in [0.1, 0.15) is 0 Å². The van der Waals surface area contributed by atoms with Gasteiger partial charge in [-0.25, -0.2) is 0 Å². The molecular formula is C13H20N2O. The molecule has 0 aromatic heterocycles. The topological polar surface area (TPSA) is 53.5 Å². The Labute approximate surface area is 96.9 Å². The molecule has 2 aliphatic rings. The van der Waals surface area contributed by atoms with Crippen LogP contribution in [0.15, 0.2) is 0 Å². The highest BCUT2D eigenvalue weighted by Crippen LogP contribution is 2.60. The quantitative estimate of drug-likeness (QED) is 0.408. The molecule has 0 unspecified atom stereocenters. The molecule has 2 saturated carbocycles. The molecule has 2 rings (SSSR count). The average molecular weight is 220 g/mol. The number of carbonyl (C=O) groups is 1. The van der Waals surface area contributed by atoms with Crippen LogP contribution >= 0.6 is 0 Å². The van der Waals surface area contributed by atoms with Gasteiger partial charge < -0.3 is 5.53 Å². The molecule has 0 heterocycles. The van der Waals surface area contributed by atoms with Crippen molar-refractivity contribution in [2.45, 2.75) is 46.0 Å². The summed E-state index contributed by atoms with van der Waals surface area (Å²) in [5, 5.41) is 0. The van der Waals surface area contributed by atoms with E-state index in [9.17, 15) is 4.79 Å². The Kier molecular flexibility index (Phi) is 2.98. The predicted octanol–water partition coefficient (Wildman–Crippen LogP) is 2.71. The van der Waals surface area contributed by atoms with E-state index in [1.165, 1.54) is 19.3 Å². The third kappa shape index (κ3) is 1.84. The normalized spacial score (nSPS) is 34.8. The smallest absolute Gasteiger partial charge is 0.323 e. The Bertz CT molecular complexity index is 342. The summed E-state index contributed by atoms with van der Waals surface area (Å²) in [5.74, 6) is 2.33. The number of ketones is 1. The monoisotopic (exact) mass is 220 g/mol. The second-order valence-corrected chi connectivity index (χ2v) is 5.95. The van der Waals surface area contributed by atoms with Crippen molar-refractivity contribution in [3.8, 4) is 0 Å². The number of nitrogens with zero attached hydrogens (tertiary/aromatic N) is 2. The van der Waals surface area contributed by atoms with E-state index in [2.05, 4.69) is 18.6 Å². The van der Waals surface area contributed by atoms with Crippen LogP contribution in [0.1, 0.15) is 46.0 Å². The Hall–Kier alpha value is -0.950. The fourth-order valence-electron chi connectivity index (χ4n) is 4.00. The van der Waals surface area contributed by atoms with Crippen LogP contribution in [-0.4, -0.2) is 16.8 Å². The summed E-state index contributed by atoms with van der Waals surface area (Å²) in [4.78, 5) is 14.1. The van der Waals surface area contributed by atoms with Gasteiger partial charge in [0, 0.05) is 6.42 Å². The Morgan fingerprint density at radius 3 is 2.81 bits per heavy atom. The van der Waals surface area contributed by atoms with E-state index < -0.39 is 0 Å². The minimum Gasteiger partial charge on any atom is -0.361 e. The van der Waals surface area contributed by atoms with Gasteiger partial charge in [-0.15, -0.1) is 0 Å². The molecular weight excluding hydrogens is 200 g/mol. The number of hydrogen-bond acceptors (Lipinski definition) is 1. The van der Waals surface area contributed by atoms with Gasteiger partial charge in [0.15, 0.2) is 0 Å². The maximum atomic E-state index is 11.3. The summed E-state index contributed by atoms with van der Waals surface area (Å²) in [6.07, 6.45) is 6.60. The first-order valence-corrected chi connectivity index (χ1v) is 6.26. The lowest BCUT2D eigenvalue weighted by atomic mass is 9.67. The summed E-state index contributed by atoms with van der Waals surface area (Å²) in [5.41, 5.74) is 8.69. The standard InChI is InChI=1S/C13H20N2O/c1-13(2)10-4-3-9(7-10)12(13)6-5-11(16)8-15-14/h8-10,12H,3-7H2,1-2H3/t9-,10+,12-/m0/s1. The van der Waals surface area contributed by atoms with Crippen molar-refractivity contribution in [1.29, 1.82) is 0 Å². The summed E-state index contributed by atoms with van der Waals surface area (Å²) in [7, 11) is 0. The Morgan fingerprint density at radius 1 is 1.50 bits per heavy atom. The first-order valence-electron chi connectivity index (χ1n) is 6.26. The lowest BCUT2D eigenvalue weighted by Gasteiger charge is -2.38. The first kappa shape index (κ1) is 11.5. The molecule has 0 aliphatic heterocycles. The van der Waals surface area contributed by atoms with Gasteiger partial charge in [-0.3, -0.25) is 4.79 Å². The second kappa shape index (κ2) is 4.14. The van der Waals surface area contributed by atoms with Crippen LogP contribution in [0.25, 0.3) is 5.53 Å². The number of carbonyl (C=O) groups excluding carboxylic acids is 1. The lowest BCUT2D eigenvalue weighted by molar-refractivity contribution is -0.116. The maximum Gasteiger partial charge on any atom is 0.323 e. The van der Waals surface area contributed by atoms with Crippen molar-refractivity contribution in [3.63, 3.8) is 0 Å². The van der Waals surface area contributed by atoms with Gasteiger partial charge in [-0.05, 0) is 48.9 Å². The highest BCUT2D eigenvalue weighted by Gasteiger charge is 2.51. The molecule has 2 aliphatic carbocycles. The fraction of sp³-hybridized carbons (Fsp3) is 0.846. The van der Waals surface area contributed by atoms with E-state index in [-0.39, 0.29) is 5.78 Å². The molecule has 0 amide bonds. The number of hydrogen-bond donors (Lipinski definition) is 0. The average Bonchev–Trinajstić information content (AvgIpc) is 2.74. The van der Waals surface area contributed by atoms with Crippen LogP contribution in [0.4, 0.5) is 0 Å². The molecule has 88 valence electrons. The van der Waals surface area contributed by atoms with Crippen molar-refractivity contribution in [1.82, 2.24) is 0 Å². The molecule has 0 radical (unpaired) electrons. The molecule has 2 bridgehead atoms. The number of Topliss-reactive ketones (excluding diaryl/α,β-unsaturated/α-hetero) is 1. The van der Waals surface area contributed by atoms with Gasteiger partial charge in [0.25, 0.3) is 0 Å². The zero-order valence-corrected chi connectivity index (χ0v) is 10.1. The van der Waals surface area contributed by atoms with Gasteiger partial charge in [0.2, 0.25) is 5.78 Å². The van der Waals surface area contributed by atoms with Gasteiger partial charge >= 0.3 is 6.21 Å². The molecule has 0 spiro atoms. The predicted molar refractivity (Wildman–Crippen MR) is 62.0 cm³/mol. The van der Waals surface area contributed by atoms with E-state index in [0.29, 0.717) is 17.8 Å². The van der Waals surface area contributed by atoms with Crippen molar-refractivity contribution >= 4 is 12.0 Å². The SMILES string of the molecule is CC1(C)[C@@H]2CC[C@@H](C2)[C@@H]1CCC(=O)C=[N+]=[N-]. The van der Waals surface area contributed by atoms with E-state index >= 15 is 0 Å². The van der Waals surface area contributed by atoms with Crippen molar-refractivity contribution < 1.29 is 9.58 Å². The summed E-state index contributed by atoms with van der Waals surface area (Å²) in [6.45, 7) is 4.71. The highest BCUT2D eigenvalue weighted by atomic mass is 16.1. The van der Waals surface area contributed by atoms with Crippen LogP contribution in [0.3, 0.4) is 0 Å². The summed E-state index contributed by atoms with van der Waals surface area (Å²) < 4.78 is 0. The van der Waals surface area contributed by atoms with Crippen LogP contribution in [0.5, 0.6) is 0 Å². The van der Waals surface area contributed by atoms with Crippen LogP contribution in [0, 0.1) is 23.2 Å². The summed E-state index contributed by atoms with van der Waals surface area (Å²) in [6, 6.07) is 0. The van der Waals surface area contributed by atoms with Gasteiger partial charge in [-0.1, -0.05) is 13.8 Å². The van der Waals surface area contributed by atoms with Crippen LogP contribution in [0.2, 0.25) is 0 Å². The number of rotatable bonds is 4. The third-order valence-electron chi connectivity index (χ3n) is 4.95. The molecule has 0 aromatic carbocycles.